The number of hydrogen-bond donors (Lipinski definition) is 1. The Balaban J connectivity index is 1.27. The number of aryl methyl sites for hydroxylation is 2. The Hall–Kier alpha value is -2.90. The highest BCUT2D eigenvalue weighted by Crippen LogP contribution is 2.21. The second-order valence-electron chi connectivity index (χ2n) is 8.46. The maximum Gasteiger partial charge on any atom is 0.256 e. The van der Waals surface area contributed by atoms with Crippen molar-refractivity contribution in [2.24, 2.45) is 0 Å². The maximum absolute atomic E-state index is 13.1. The molecule has 4 rings (SSSR count). The van der Waals surface area contributed by atoms with E-state index in [-0.39, 0.29) is 11.7 Å². The van der Waals surface area contributed by atoms with E-state index >= 15 is 0 Å². The van der Waals surface area contributed by atoms with Gasteiger partial charge >= 0.3 is 0 Å². The van der Waals surface area contributed by atoms with Crippen LogP contribution in [0.15, 0.2) is 48.5 Å². The molecule has 0 aliphatic carbocycles. The Morgan fingerprint density at radius 2 is 1.82 bits per heavy atom. The van der Waals surface area contributed by atoms with Crippen molar-refractivity contribution in [1.82, 2.24) is 20.0 Å². The molecule has 6 nitrogen and oxygen atoms in total. The van der Waals surface area contributed by atoms with E-state index in [4.69, 9.17) is 11.6 Å². The minimum absolute atomic E-state index is 0.221. The molecule has 1 aliphatic heterocycles. The summed E-state index contributed by atoms with van der Waals surface area (Å²) in [6, 6.07) is 14.7. The number of amides is 1. The molecule has 1 saturated heterocycles. The lowest BCUT2D eigenvalue weighted by Crippen LogP contribution is -2.48. The van der Waals surface area contributed by atoms with E-state index in [1.54, 1.807) is 23.7 Å². The quantitative estimate of drug-likeness (QED) is 0.570. The summed E-state index contributed by atoms with van der Waals surface area (Å²) in [5.41, 5.74) is 4.37. The molecule has 2 aromatic carbocycles. The van der Waals surface area contributed by atoms with Gasteiger partial charge in [0.1, 0.15) is 11.0 Å². The summed E-state index contributed by atoms with van der Waals surface area (Å²) in [4.78, 5) is 17.5. The SMILES string of the molecule is Cc1cccc(N2CCN(CCNC(=O)c3c(C)nn(Cc4ccc(F)cc4)c3Cl)CC2)c1. The summed E-state index contributed by atoms with van der Waals surface area (Å²) in [6.45, 7) is 9.44. The topological polar surface area (TPSA) is 53.4 Å². The molecule has 1 fully saturated rings. The number of aromatic nitrogens is 2. The summed E-state index contributed by atoms with van der Waals surface area (Å²) in [7, 11) is 0. The lowest BCUT2D eigenvalue weighted by molar-refractivity contribution is 0.0947. The first kappa shape index (κ1) is 23.3. The molecule has 0 radical (unpaired) electrons. The highest BCUT2D eigenvalue weighted by atomic mass is 35.5. The molecule has 2 heterocycles. The number of anilines is 1. The highest BCUT2D eigenvalue weighted by Gasteiger charge is 2.21. The van der Waals surface area contributed by atoms with Crippen molar-refractivity contribution in [2.75, 3.05) is 44.2 Å². The van der Waals surface area contributed by atoms with Gasteiger partial charge in [-0.25, -0.2) is 9.07 Å². The number of nitrogens with zero attached hydrogens (tertiary/aromatic N) is 4. The smallest absolute Gasteiger partial charge is 0.256 e. The molecule has 0 bridgehead atoms. The van der Waals surface area contributed by atoms with Crippen LogP contribution in [0.3, 0.4) is 0 Å². The van der Waals surface area contributed by atoms with Gasteiger partial charge in [0, 0.05) is 45.0 Å². The van der Waals surface area contributed by atoms with Gasteiger partial charge in [0.05, 0.1) is 17.8 Å². The van der Waals surface area contributed by atoms with Crippen LogP contribution in [0, 0.1) is 19.7 Å². The molecule has 1 aliphatic rings. The molecule has 174 valence electrons. The maximum atomic E-state index is 13.1. The number of nitrogens with one attached hydrogen (secondary N) is 1. The van der Waals surface area contributed by atoms with Crippen LogP contribution in [0.25, 0.3) is 0 Å². The molecule has 8 heteroatoms. The van der Waals surface area contributed by atoms with Crippen molar-refractivity contribution < 1.29 is 9.18 Å². The van der Waals surface area contributed by atoms with Crippen LogP contribution in [-0.2, 0) is 6.54 Å². The minimum Gasteiger partial charge on any atom is -0.369 e. The largest absolute Gasteiger partial charge is 0.369 e. The number of benzene rings is 2. The summed E-state index contributed by atoms with van der Waals surface area (Å²) in [5.74, 6) is -0.514. The zero-order valence-corrected chi connectivity index (χ0v) is 19.8. The molecule has 1 N–H and O–H groups in total. The van der Waals surface area contributed by atoms with Crippen LogP contribution >= 0.6 is 11.6 Å². The summed E-state index contributed by atoms with van der Waals surface area (Å²) >= 11 is 6.47. The van der Waals surface area contributed by atoms with Gasteiger partial charge in [0.15, 0.2) is 0 Å². The predicted octanol–water partition coefficient (Wildman–Crippen LogP) is 3.89. The zero-order chi connectivity index (χ0) is 23.4. The van der Waals surface area contributed by atoms with Crippen molar-refractivity contribution in [2.45, 2.75) is 20.4 Å². The number of hydrogen-bond acceptors (Lipinski definition) is 4. The zero-order valence-electron chi connectivity index (χ0n) is 19.0. The van der Waals surface area contributed by atoms with Crippen molar-refractivity contribution >= 4 is 23.2 Å². The van der Waals surface area contributed by atoms with Crippen molar-refractivity contribution in [3.8, 4) is 0 Å². The third kappa shape index (κ3) is 5.72. The first-order valence-electron chi connectivity index (χ1n) is 11.2. The lowest BCUT2D eigenvalue weighted by Gasteiger charge is -2.36. The summed E-state index contributed by atoms with van der Waals surface area (Å²) in [5, 5.41) is 7.68. The van der Waals surface area contributed by atoms with Gasteiger partial charge in [0.2, 0.25) is 0 Å². The normalized spacial score (nSPS) is 14.5. The van der Waals surface area contributed by atoms with E-state index in [2.05, 4.69) is 51.4 Å². The molecule has 1 aromatic heterocycles. The third-order valence-electron chi connectivity index (χ3n) is 5.99. The number of carbonyl (C=O) groups is 1. The fourth-order valence-corrected chi connectivity index (χ4v) is 4.47. The Morgan fingerprint density at radius 1 is 1.09 bits per heavy atom. The van der Waals surface area contributed by atoms with E-state index in [0.29, 0.717) is 29.5 Å². The molecular weight excluding hydrogens is 441 g/mol. The van der Waals surface area contributed by atoms with E-state index in [9.17, 15) is 9.18 Å². The van der Waals surface area contributed by atoms with Crippen LogP contribution in [0.4, 0.5) is 10.1 Å². The van der Waals surface area contributed by atoms with Gasteiger partial charge in [-0.2, -0.15) is 5.10 Å². The average molecular weight is 470 g/mol. The average Bonchev–Trinajstić information content (AvgIpc) is 3.08. The van der Waals surface area contributed by atoms with E-state index in [1.807, 2.05) is 0 Å². The molecule has 33 heavy (non-hydrogen) atoms. The second-order valence-corrected chi connectivity index (χ2v) is 8.82. The first-order chi connectivity index (χ1) is 15.9. The fraction of sp³-hybridized carbons (Fsp3) is 0.360. The fourth-order valence-electron chi connectivity index (χ4n) is 4.15. The number of rotatable bonds is 7. The van der Waals surface area contributed by atoms with E-state index < -0.39 is 0 Å². The van der Waals surface area contributed by atoms with Crippen molar-refractivity contribution in [1.29, 1.82) is 0 Å². The molecule has 1 amide bonds. The molecule has 0 saturated carbocycles. The van der Waals surface area contributed by atoms with Crippen molar-refractivity contribution in [3.63, 3.8) is 0 Å². The molecular formula is C25H29ClFN5O. The summed E-state index contributed by atoms with van der Waals surface area (Å²) in [6.07, 6.45) is 0. The van der Waals surface area contributed by atoms with Gasteiger partial charge < -0.3 is 10.2 Å². The number of carbonyl (C=O) groups excluding carboxylic acids is 1. The van der Waals surface area contributed by atoms with Gasteiger partial charge in [-0.3, -0.25) is 9.69 Å². The Kier molecular flexibility index (Phi) is 7.30. The monoisotopic (exact) mass is 469 g/mol. The first-order valence-corrected chi connectivity index (χ1v) is 11.6. The second kappa shape index (κ2) is 10.4. The van der Waals surface area contributed by atoms with Gasteiger partial charge in [0.25, 0.3) is 5.91 Å². The van der Waals surface area contributed by atoms with Gasteiger partial charge in [-0.1, -0.05) is 35.9 Å². The predicted molar refractivity (Wildman–Crippen MR) is 130 cm³/mol. The molecule has 0 spiro atoms. The van der Waals surface area contributed by atoms with Crippen molar-refractivity contribution in [3.05, 3.63) is 81.9 Å². The number of halogens is 2. The van der Waals surface area contributed by atoms with Crippen LogP contribution in [-0.4, -0.2) is 59.9 Å². The van der Waals surface area contributed by atoms with E-state index in [0.717, 1.165) is 38.3 Å². The van der Waals surface area contributed by atoms with Gasteiger partial charge in [-0.05, 0) is 49.2 Å². The Morgan fingerprint density at radius 3 is 2.52 bits per heavy atom. The third-order valence-corrected chi connectivity index (χ3v) is 6.37. The van der Waals surface area contributed by atoms with Crippen LogP contribution < -0.4 is 10.2 Å². The Bertz CT molecular complexity index is 1110. The standard InChI is InChI=1S/C25H29ClFN5O/c1-18-4-3-5-22(16-18)31-14-12-30(13-15-31)11-10-28-25(33)23-19(2)29-32(24(23)26)17-20-6-8-21(27)9-7-20/h3-9,16H,10-15,17H2,1-2H3,(H,28,33). The minimum atomic E-state index is -0.293. The molecule has 3 aromatic rings. The van der Waals surface area contributed by atoms with Crippen LogP contribution in [0.5, 0.6) is 0 Å². The highest BCUT2D eigenvalue weighted by molar-refractivity contribution is 6.33. The lowest BCUT2D eigenvalue weighted by atomic mass is 10.2. The Labute approximate surface area is 198 Å². The van der Waals surface area contributed by atoms with E-state index in [1.165, 1.54) is 23.4 Å². The van der Waals surface area contributed by atoms with Crippen LogP contribution in [0.2, 0.25) is 5.15 Å². The molecule has 0 atom stereocenters. The number of piperazine rings is 1. The molecule has 0 unspecified atom stereocenters. The van der Waals surface area contributed by atoms with Crippen LogP contribution in [0.1, 0.15) is 27.2 Å². The van der Waals surface area contributed by atoms with Gasteiger partial charge in [-0.15, -0.1) is 0 Å². The summed E-state index contributed by atoms with van der Waals surface area (Å²) < 4.78 is 14.7.